The van der Waals surface area contributed by atoms with Crippen molar-refractivity contribution in [3.8, 4) is 0 Å². The summed E-state index contributed by atoms with van der Waals surface area (Å²) in [4.78, 5) is 0. The van der Waals surface area contributed by atoms with Gasteiger partial charge in [-0.15, -0.1) is 0 Å². The molecule has 3 nitrogen and oxygen atoms in total. The highest BCUT2D eigenvalue weighted by molar-refractivity contribution is 5.59. The summed E-state index contributed by atoms with van der Waals surface area (Å²) in [5.74, 6) is 0. The van der Waals surface area contributed by atoms with E-state index in [0.717, 1.165) is 29.3 Å². The molecule has 1 fully saturated rings. The van der Waals surface area contributed by atoms with Crippen molar-refractivity contribution in [1.29, 1.82) is 0 Å². The highest BCUT2D eigenvalue weighted by atomic mass is 16.3. The van der Waals surface area contributed by atoms with E-state index < -0.39 is 5.60 Å². The molecule has 1 aliphatic carbocycles. The van der Waals surface area contributed by atoms with Crippen molar-refractivity contribution in [2.24, 2.45) is 0 Å². The van der Waals surface area contributed by atoms with Crippen LogP contribution in [0.4, 0.5) is 0 Å². The molecular weight excluding hydrogens is 166 g/mol. The van der Waals surface area contributed by atoms with Crippen molar-refractivity contribution in [3.63, 3.8) is 0 Å². The number of rotatable bonds is 0. The molecule has 0 bridgehead atoms. The van der Waals surface area contributed by atoms with Crippen LogP contribution in [0.15, 0.2) is 16.7 Å². The van der Waals surface area contributed by atoms with Crippen LogP contribution in [0, 0.1) is 0 Å². The summed E-state index contributed by atoms with van der Waals surface area (Å²) < 4.78 is 5.28. The van der Waals surface area contributed by atoms with Gasteiger partial charge in [-0.2, -0.15) is 0 Å². The zero-order chi connectivity index (χ0) is 8.89. The van der Waals surface area contributed by atoms with E-state index in [-0.39, 0.29) is 0 Å². The first-order valence-electron chi connectivity index (χ1n) is 4.54. The number of hydrogen-bond donors (Lipinski definition) is 2. The van der Waals surface area contributed by atoms with E-state index in [9.17, 15) is 5.11 Å². The van der Waals surface area contributed by atoms with Gasteiger partial charge in [0.15, 0.2) is 0 Å². The Morgan fingerprint density at radius 1 is 1.54 bits per heavy atom. The van der Waals surface area contributed by atoms with Gasteiger partial charge in [0, 0.05) is 18.2 Å². The monoisotopic (exact) mass is 177 g/mol. The summed E-state index contributed by atoms with van der Waals surface area (Å²) in [6.07, 6.45) is 5.09. The Morgan fingerprint density at radius 3 is 3.38 bits per heavy atom. The SMILES string of the molecule is OC12CC=c3occc3=C1NCC2. The fourth-order valence-corrected chi connectivity index (χ4v) is 2.18. The summed E-state index contributed by atoms with van der Waals surface area (Å²) in [5.41, 5.74) is 1.17. The predicted octanol–water partition coefficient (Wildman–Crippen LogP) is -0.704. The summed E-state index contributed by atoms with van der Waals surface area (Å²) in [5, 5.41) is 14.5. The maximum Gasteiger partial charge on any atom is 0.131 e. The second-order valence-corrected chi connectivity index (χ2v) is 3.69. The Bertz CT molecular complexity index is 460. The highest BCUT2D eigenvalue weighted by Crippen LogP contribution is 2.29. The molecule has 0 radical (unpaired) electrons. The minimum Gasteiger partial charge on any atom is -0.465 e. The van der Waals surface area contributed by atoms with Gasteiger partial charge < -0.3 is 14.8 Å². The van der Waals surface area contributed by atoms with E-state index in [1.807, 2.05) is 12.1 Å². The second-order valence-electron chi connectivity index (χ2n) is 3.69. The van der Waals surface area contributed by atoms with Crippen molar-refractivity contribution in [3.05, 3.63) is 23.0 Å². The van der Waals surface area contributed by atoms with Crippen molar-refractivity contribution >= 4 is 11.8 Å². The molecule has 2 heterocycles. The first-order chi connectivity index (χ1) is 6.30. The van der Waals surface area contributed by atoms with Crippen LogP contribution in [0.5, 0.6) is 0 Å². The van der Waals surface area contributed by atoms with E-state index in [0.29, 0.717) is 6.42 Å². The summed E-state index contributed by atoms with van der Waals surface area (Å²) in [6.45, 7) is 0.851. The third-order valence-electron chi connectivity index (χ3n) is 2.90. The third kappa shape index (κ3) is 0.823. The van der Waals surface area contributed by atoms with Gasteiger partial charge in [-0.25, -0.2) is 0 Å². The minimum absolute atomic E-state index is 0.656. The first-order valence-corrected chi connectivity index (χ1v) is 4.54. The fourth-order valence-electron chi connectivity index (χ4n) is 2.18. The van der Waals surface area contributed by atoms with Crippen LogP contribution in [-0.4, -0.2) is 17.3 Å². The van der Waals surface area contributed by atoms with Crippen LogP contribution in [0.3, 0.4) is 0 Å². The molecule has 1 aliphatic heterocycles. The van der Waals surface area contributed by atoms with Crippen molar-refractivity contribution in [2.45, 2.75) is 18.4 Å². The van der Waals surface area contributed by atoms with E-state index in [1.54, 1.807) is 6.26 Å². The van der Waals surface area contributed by atoms with Crippen LogP contribution in [-0.2, 0) is 0 Å². The molecule has 1 aromatic heterocycles. The van der Waals surface area contributed by atoms with Crippen LogP contribution >= 0.6 is 0 Å². The average Bonchev–Trinajstić information content (AvgIpc) is 2.66. The fraction of sp³-hybridized carbons (Fsp3) is 0.400. The molecule has 0 aromatic carbocycles. The molecule has 2 N–H and O–H groups in total. The molecule has 0 spiro atoms. The molecule has 1 unspecified atom stereocenters. The van der Waals surface area contributed by atoms with E-state index in [1.165, 1.54) is 0 Å². The van der Waals surface area contributed by atoms with Crippen LogP contribution in [0.1, 0.15) is 12.8 Å². The number of fused-ring (bicyclic) bond motifs is 2. The molecule has 0 saturated carbocycles. The van der Waals surface area contributed by atoms with Crippen LogP contribution < -0.4 is 16.0 Å². The molecule has 3 rings (SSSR count). The van der Waals surface area contributed by atoms with Gasteiger partial charge in [0.1, 0.15) is 11.0 Å². The molecule has 68 valence electrons. The lowest BCUT2D eigenvalue weighted by Crippen LogP contribution is -2.41. The van der Waals surface area contributed by atoms with Gasteiger partial charge >= 0.3 is 0 Å². The van der Waals surface area contributed by atoms with Crippen molar-refractivity contribution in [1.82, 2.24) is 5.32 Å². The van der Waals surface area contributed by atoms with Gasteiger partial charge in [0.2, 0.25) is 0 Å². The lowest BCUT2D eigenvalue weighted by Gasteiger charge is -2.23. The molecule has 0 amide bonds. The zero-order valence-electron chi connectivity index (χ0n) is 7.21. The summed E-state index contributed by atoms with van der Waals surface area (Å²) >= 11 is 0. The quantitative estimate of drug-likeness (QED) is 0.550. The molecule has 3 heteroatoms. The second kappa shape index (κ2) is 2.17. The van der Waals surface area contributed by atoms with Crippen LogP contribution in [0.25, 0.3) is 11.8 Å². The van der Waals surface area contributed by atoms with Crippen molar-refractivity contribution in [2.75, 3.05) is 6.54 Å². The Hall–Kier alpha value is -1.22. The number of nitrogens with one attached hydrogen (secondary N) is 1. The molecule has 1 aromatic rings. The lowest BCUT2D eigenvalue weighted by atomic mass is 9.91. The summed E-state index contributed by atoms with van der Waals surface area (Å²) in [7, 11) is 0. The largest absolute Gasteiger partial charge is 0.465 e. The molecule has 1 saturated heterocycles. The van der Waals surface area contributed by atoms with E-state index in [4.69, 9.17) is 4.42 Å². The maximum atomic E-state index is 10.2. The first kappa shape index (κ1) is 7.21. The Labute approximate surface area is 75.4 Å². The normalized spacial score (nSPS) is 30.4. The zero-order valence-corrected chi connectivity index (χ0v) is 7.21. The predicted molar refractivity (Wildman–Crippen MR) is 48.0 cm³/mol. The molecule has 1 atom stereocenters. The van der Waals surface area contributed by atoms with E-state index >= 15 is 0 Å². The van der Waals surface area contributed by atoms with Gasteiger partial charge in [-0.05, 0) is 18.6 Å². The van der Waals surface area contributed by atoms with E-state index in [2.05, 4.69) is 5.32 Å². The summed E-state index contributed by atoms with van der Waals surface area (Å²) in [6, 6.07) is 1.91. The third-order valence-corrected chi connectivity index (χ3v) is 2.90. The lowest BCUT2D eigenvalue weighted by molar-refractivity contribution is 0.111. The number of hydrogen-bond acceptors (Lipinski definition) is 3. The Balaban J connectivity index is 2.41. The topological polar surface area (TPSA) is 45.4 Å². The highest BCUT2D eigenvalue weighted by Gasteiger charge is 2.37. The molecular formula is C10H11NO2. The number of aliphatic hydroxyl groups is 1. The van der Waals surface area contributed by atoms with Crippen LogP contribution in [0.2, 0.25) is 0 Å². The minimum atomic E-state index is -0.656. The average molecular weight is 177 g/mol. The van der Waals surface area contributed by atoms with Gasteiger partial charge in [-0.1, -0.05) is 0 Å². The Kier molecular flexibility index (Phi) is 1.21. The van der Waals surface area contributed by atoms with Gasteiger partial charge in [0.25, 0.3) is 0 Å². The molecule has 13 heavy (non-hydrogen) atoms. The molecule has 2 aliphatic rings. The Morgan fingerprint density at radius 2 is 2.46 bits per heavy atom. The standard InChI is InChI=1S/C10H11NO2/c12-10-3-1-8-7(2-6-13-8)9(10)11-5-4-10/h1-2,6,11-12H,3-5H2. The van der Waals surface area contributed by atoms with Crippen molar-refractivity contribution < 1.29 is 9.52 Å². The van der Waals surface area contributed by atoms with Gasteiger partial charge in [0.05, 0.1) is 12.0 Å². The smallest absolute Gasteiger partial charge is 0.131 e. The number of furan rings is 1. The van der Waals surface area contributed by atoms with Gasteiger partial charge in [-0.3, -0.25) is 0 Å². The maximum absolute atomic E-state index is 10.2.